The first kappa shape index (κ1) is 48.0. The lowest BCUT2D eigenvalue weighted by Crippen LogP contribution is -2.19. The first-order valence-corrected chi connectivity index (χ1v) is 27.9. The standard InChI is InChI=1S/C45H40N2.C30H27N/c1-43(2)37-13-9-7-11-31(37)34-20-16-28(24-40(34)43)47(29-17-21-35-32-12-8-10-14-38(32)44(3,4)41(35)25-29)30-18-22-36-33-19-15-27(46)23-39(33)45(5,6)42(36)26-30;1-29(2)25-11-7-5-9-21(25)23-15-13-19(17-27(23)29)31-20-14-16-24-22-10-6-8-12-26(22)30(3,4)28(24)18-20/h7-26H,46H2,1-6H3;5-18,31H,1-4H3. The van der Waals surface area contributed by atoms with Crippen LogP contribution in [0.25, 0.3) is 55.6 Å². The van der Waals surface area contributed by atoms with Gasteiger partial charge in [-0.25, -0.2) is 0 Å². The van der Waals surface area contributed by atoms with E-state index >= 15 is 0 Å². The number of nitrogens with two attached hydrogens (primary N) is 1. The van der Waals surface area contributed by atoms with E-state index in [9.17, 15) is 0 Å². The highest BCUT2D eigenvalue weighted by atomic mass is 15.1. The molecule has 0 spiro atoms. The molecule has 15 rings (SSSR count). The van der Waals surface area contributed by atoms with E-state index in [0.717, 1.165) is 17.1 Å². The van der Waals surface area contributed by atoms with Gasteiger partial charge in [0.1, 0.15) is 0 Å². The highest BCUT2D eigenvalue weighted by molar-refractivity contribution is 5.91. The van der Waals surface area contributed by atoms with E-state index in [1.807, 2.05) is 6.07 Å². The predicted octanol–water partition coefficient (Wildman–Crippen LogP) is 19.7. The molecule has 0 atom stereocenters. The molecule has 3 N–H and O–H groups in total. The third kappa shape index (κ3) is 6.83. The molecule has 0 amide bonds. The number of anilines is 6. The minimum Gasteiger partial charge on any atom is -0.399 e. The first-order valence-electron chi connectivity index (χ1n) is 27.9. The number of hydrogen-bond donors (Lipinski definition) is 2. The van der Waals surface area contributed by atoms with Gasteiger partial charge in [-0.2, -0.15) is 0 Å². The maximum absolute atomic E-state index is 6.31. The van der Waals surface area contributed by atoms with Gasteiger partial charge in [0.05, 0.1) is 0 Å². The Morgan fingerprint density at radius 2 is 0.500 bits per heavy atom. The van der Waals surface area contributed by atoms with E-state index < -0.39 is 0 Å². The first-order chi connectivity index (χ1) is 37.3. The van der Waals surface area contributed by atoms with Crippen LogP contribution in [-0.2, 0) is 27.1 Å². The Balaban J connectivity index is 0.000000154. The monoisotopic (exact) mass is 1010 g/mol. The molecule has 0 saturated heterocycles. The molecule has 0 radical (unpaired) electrons. The largest absolute Gasteiger partial charge is 0.399 e. The molecule has 382 valence electrons. The quantitative estimate of drug-likeness (QED) is 0.169. The van der Waals surface area contributed by atoms with Crippen molar-refractivity contribution in [1.29, 1.82) is 0 Å². The summed E-state index contributed by atoms with van der Waals surface area (Å²) < 4.78 is 0. The zero-order valence-electron chi connectivity index (χ0n) is 46.7. The fraction of sp³-hybridized carbons (Fsp3) is 0.200. The van der Waals surface area contributed by atoms with Crippen molar-refractivity contribution in [2.24, 2.45) is 0 Å². The van der Waals surface area contributed by atoms with Gasteiger partial charge in [-0.05, 0) is 184 Å². The molecule has 10 aromatic carbocycles. The summed E-state index contributed by atoms with van der Waals surface area (Å²) in [5.74, 6) is 0. The fourth-order valence-electron chi connectivity index (χ4n) is 14.7. The SMILES string of the molecule is CC1(C)c2ccccc2-c2ccc(N(c3ccc4c(c3)C(C)(C)c3ccccc3-4)c3ccc4c(c3)C(C)(C)c3cc(N)ccc3-4)cc21.CC1(C)c2ccccc2-c2ccc(Nc3ccc4c(c3)C(C)(C)c3ccccc3-4)cc21. The molecular formula is C75H67N3. The molecule has 3 heteroatoms. The van der Waals surface area contributed by atoms with Gasteiger partial charge in [0.25, 0.3) is 0 Å². The Hall–Kier alpha value is -8.40. The van der Waals surface area contributed by atoms with Gasteiger partial charge in [-0.3, -0.25) is 0 Å². The molecule has 10 aromatic rings. The van der Waals surface area contributed by atoms with Gasteiger partial charge < -0.3 is 16.0 Å². The lowest BCUT2D eigenvalue weighted by Gasteiger charge is -2.31. The molecule has 0 aromatic heterocycles. The number of nitrogen functional groups attached to an aromatic ring is 1. The van der Waals surface area contributed by atoms with E-state index in [2.05, 4.69) is 280 Å². The van der Waals surface area contributed by atoms with Crippen molar-refractivity contribution < 1.29 is 0 Å². The summed E-state index contributed by atoms with van der Waals surface area (Å²) in [5.41, 5.74) is 39.8. The number of hydrogen-bond acceptors (Lipinski definition) is 3. The lowest BCUT2D eigenvalue weighted by molar-refractivity contribution is 0.659. The second kappa shape index (κ2) is 16.6. The number of fused-ring (bicyclic) bond motifs is 15. The van der Waals surface area contributed by atoms with Crippen molar-refractivity contribution in [2.45, 2.75) is 96.3 Å². The van der Waals surface area contributed by atoms with Crippen LogP contribution >= 0.6 is 0 Å². The van der Waals surface area contributed by atoms with Gasteiger partial charge in [0, 0.05) is 61.2 Å². The van der Waals surface area contributed by atoms with Crippen LogP contribution in [0.2, 0.25) is 0 Å². The van der Waals surface area contributed by atoms with Crippen molar-refractivity contribution >= 4 is 34.1 Å². The van der Waals surface area contributed by atoms with Gasteiger partial charge >= 0.3 is 0 Å². The van der Waals surface area contributed by atoms with E-state index in [0.29, 0.717) is 0 Å². The van der Waals surface area contributed by atoms with Crippen molar-refractivity contribution in [3.8, 4) is 55.6 Å². The number of benzene rings is 10. The summed E-state index contributed by atoms with van der Waals surface area (Å²) >= 11 is 0. The van der Waals surface area contributed by atoms with Crippen LogP contribution in [0.1, 0.15) is 125 Å². The highest BCUT2D eigenvalue weighted by Crippen LogP contribution is 2.56. The number of nitrogens with zero attached hydrogens (tertiary/aromatic N) is 1. The third-order valence-electron chi connectivity index (χ3n) is 19.0. The molecule has 5 aliphatic rings. The van der Waals surface area contributed by atoms with Crippen LogP contribution in [0.15, 0.2) is 206 Å². The molecule has 0 saturated carbocycles. The van der Waals surface area contributed by atoms with Crippen LogP contribution in [0.3, 0.4) is 0 Å². The Bertz CT molecular complexity index is 3970. The highest BCUT2D eigenvalue weighted by Gasteiger charge is 2.41. The predicted molar refractivity (Wildman–Crippen MR) is 330 cm³/mol. The number of nitrogens with one attached hydrogen (secondary N) is 1. The average Bonchev–Trinajstić information content (AvgIpc) is 4.22. The molecule has 0 heterocycles. The van der Waals surface area contributed by atoms with Crippen LogP contribution in [0, 0.1) is 0 Å². The van der Waals surface area contributed by atoms with Crippen LogP contribution in [0.5, 0.6) is 0 Å². The summed E-state index contributed by atoms with van der Waals surface area (Å²) in [5, 5.41) is 3.69. The van der Waals surface area contributed by atoms with E-state index in [-0.39, 0.29) is 27.1 Å². The minimum atomic E-state index is -0.162. The molecule has 0 bridgehead atoms. The number of rotatable bonds is 5. The van der Waals surface area contributed by atoms with Gasteiger partial charge in [-0.1, -0.05) is 203 Å². The summed E-state index contributed by atoms with van der Waals surface area (Å²) in [7, 11) is 0. The van der Waals surface area contributed by atoms with E-state index in [1.165, 1.54) is 128 Å². The summed E-state index contributed by atoms with van der Waals surface area (Å²) in [6.07, 6.45) is 0. The minimum absolute atomic E-state index is 0.0190. The second-order valence-corrected chi connectivity index (χ2v) is 25.3. The third-order valence-corrected chi connectivity index (χ3v) is 19.0. The normalized spacial score (nSPS) is 16.4. The molecular weight excluding hydrogens is 943 g/mol. The Labute approximate surface area is 461 Å². The average molecular weight is 1010 g/mol. The van der Waals surface area contributed by atoms with E-state index in [1.54, 1.807) is 0 Å². The Kier molecular flexibility index (Phi) is 10.2. The van der Waals surface area contributed by atoms with Crippen LogP contribution in [-0.4, -0.2) is 0 Å². The zero-order valence-corrected chi connectivity index (χ0v) is 46.7. The Morgan fingerprint density at radius 1 is 0.256 bits per heavy atom. The van der Waals surface area contributed by atoms with E-state index in [4.69, 9.17) is 5.73 Å². The molecule has 3 nitrogen and oxygen atoms in total. The topological polar surface area (TPSA) is 41.3 Å². The Morgan fingerprint density at radius 3 is 0.833 bits per heavy atom. The molecule has 78 heavy (non-hydrogen) atoms. The van der Waals surface area contributed by atoms with Crippen molar-refractivity contribution in [2.75, 3.05) is 16.0 Å². The molecule has 0 aliphatic heterocycles. The molecule has 0 unspecified atom stereocenters. The lowest BCUT2D eigenvalue weighted by atomic mass is 9.81. The zero-order chi connectivity index (χ0) is 53.8. The van der Waals surface area contributed by atoms with Gasteiger partial charge in [0.15, 0.2) is 0 Å². The van der Waals surface area contributed by atoms with Crippen molar-refractivity contribution in [1.82, 2.24) is 0 Å². The summed E-state index contributed by atoms with van der Waals surface area (Å²) in [6, 6.07) is 76.7. The van der Waals surface area contributed by atoms with Crippen LogP contribution < -0.4 is 16.0 Å². The van der Waals surface area contributed by atoms with Gasteiger partial charge in [-0.15, -0.1) is 0 Å². The van der Waals surface area contributed by atoms with Crippen molar-refractivity contribution in [3.05, 3.63) is 262 Å². The molecule has 0 fully saturated rings. The maximum Gasteiger partial charge on any atom is 0.0465 e. The van der Waals surface area contributed by atoms with Crippen LogP contribution in [0.4, 0.5) is 34.1 Å². The second-order valence-electron chi connectivity index (χ2n) is 25.3. The summed E-state index contributed by atoms with van der Waals surface area (Å²) in [6.45, 7) is 23.4. The maximum atomic E-state index is 6.31. The van der Waals surface area contributed by atoms with Crippen molar-refractivity contribution in [3.63, 3.8) is 0 Å². The molecule has 5 aliphatic carbocycles. The van der Waals surface area contributed by atoms with Gasteiger partial charge in [0.2, 0.25) is 0 Å². The summed E-state index contributed by atoms with van der Waals surface area (Å²) in [4.78, 5) is 2.48. The fourth-order valence-corrected chi connectivity index (χ4v) is 14.7. The smallest absolute Gasteiger partial charge is 0.0465 e.